The van der Waals surface area contributed by atoms with E-state index in [-0.39, 0.29) is 12.1 Å². The van der Waals surface area contributed by atoms with Gasteiger partial charge in [-0.2, -0.15) is 5.10 Å². The van der Waals surface area contributed by atoms with Crippen LogP contribution in [-0.4, -0.2) is 45.4 Å². The van der Waals surface area contributed by atoms with Crippen LogP contribution in [0.1, 0.15) is 37.1 Å². The molecule has 0 bridgehead atoms. The molecular weight excluding hydrogens is 334 g/mol. The lowest BCUT2D eigenvalue weighted by atomic mass is 9.98. The van der Waals surface area contributed by atoms with Crippen LogP contribution in [0.3, 0.4) is 0 Å². The van der Waals surface area contributed by atoms with Crippen LogP contribution in [-0.2, 0) is 4.74 Å². The summed E-state index contributed by atoms with van der Waals surface area (Å²) in [6, 6.07) is 1.95. The second kappa shape index (κ2) is 7.49. The number of hydrogen-bond acceptors (Lipinski definition) is 6. The molecule has 4 heterocycles. The number of rotatable bonds is 4. The lowest BCUT2D eigenvalue weighted by molar-refractivity contribution is -0.0396. The monoisotopic (exact) mass is 355 g/mol. The fourth-order valence-electron chi connectivity index (χ4n) is 3.20. The maximum Gasteiger partial charge on any atom is 0.187 e. The molecule has 0 spiro atoms. The van der Waals surface area contributed by atoms with Gasteiger partial charge in [-0.05, 0) is 37.7 Å². The molecule has 2 aliphatic heterocycles. The first-order chi connectivity index (χ1) is 12.3. The number of allylic oxidation sites excluding steroid dienone is 1. The lowest BCUT2D eigenvalue weighted by Gasteiger charge is -2.22. The Labute approximate surface area is 151 Å². The largest absolute Gasteiger partial charge is 0.357 e. The summed E-state index contributed by atoms with van der Waals surface area (Å²) in [6.45, 7) is 1.51. The van der Waals surface area contributed by atoms with E-state index in [2.05, 4.69) is 27.2 Å². The van der Waals surface area contributed by atoms with E-state index < -0.39 is 0 Å². The molecule has 25 heavy (non-hydrogen) atoms. The highest BCUT2D eigenvalue weighted by Crippen LogP contribution is 2.32. The van der Waals surface area contributed by atoms with Crippen molar-refractivity contribution in [3.63, 3.8) is 0 Å². The Bertz CT molecular complexity index is 795. The second-order valence-electron chi connectivity index (χ2n) is 6.16. The summed E-state index contributed by atoms with van der Waals surface area (Å²) in [6.07, 6.45) is 15.2. The zero-order chi connectivity index (χ0) is 17.1. The van der Waals surface area contributed by atoms with Gasteiger partial charge in [0, 0.05) is 36.7 Å². The Balaban J connectivity index is 1.75. The predicted octanol–water partition coefficient (Wildman–Crippen LogP) is 3.49. The molecule has 4 rings (SSSR count). The van der Waals surface area contributed by atoms with Crippen LogP contribution < -0.4 is 0 Å². The lowest BCUT2D eigenvalue weighted by Crippen LogP contribution is -2.19. The minimum Gasteiger partial charge on any atom is -0.357 e. The van der Waals surface area contributed by atoms with Crippen molar-refractivity contribution in [2.45, 2.75) is 36.6 Å². The Morgan fingerprint density at radius 1 is 1.32 bits per heavy atom. The van der Waals surface area contributed by atoms with Gasteiger partial charge in [0.15, 0.2) is 5.16 Å². The number of ether oxygens (including phenoxy) is 1. The van der Waals surface area contributed by atoms with Crippen LogP contribution in [0.2, 0.25) is 0 Å². The van der Waals surface area contributed by atoms with E-state index in [1.165, 1.54) is 6.42 Å². The molecule has 0 aliphatic carbocycles. The van der Waals surface area contributed by atoms with Crippen molar-refractivity contribution < 1.29 is 4.74 Å². The molecule has 1 fully saturated rings. The SMILES string of the molecule is CSc1nccc(-c2cn(C3CCCCO3)nc2C2C=CC=NC2)n1. The van der Waals surface area contributed by atoms with Crippen LogP contribution in [0, 0.1) is 0 Å². The van der Waals surface area contributed by atoms with Crippen molar-refractivity contribution in [3.8, 4) is 11.3 Å². The van der Waals surface area contributed by atoms with Gasteiger partial charge in [-0.1, -0.05) is 17.8 Å². The van der Waals surface area contributed by atoms with Crippen molar-refractivity contribution in [1.29, 1.82) is 0 Å². The Morgan fingerprint density at radius 2 is 2.28 bits per heavy atom. The summed E-state index contributed by atoms with van der Waals surface area (Å²) in [5.74, 6) is 0.164. The van der Waals surface area contributed by atoms with Gasteiger partial charge < -0.3 is 4.74 Å². The third-order valence-corrected chi connectivity index (χ3v) is 5.05. The first kappa shape index (κ1) is 16.5. The minimum atomic E-state index is 0.0131. The normalized spacial score (nSPS) is 23.1. The highest BCUT2D eigenvalue weighted by molar-refractivity contribution is 7.98. The second-order valence-corrected chi connectivity index (χ2v) is 6.94. The van der Waals surface area contributed by atoms with Crippen molar-refractivity contribution >= 4 is 18.0 Å². The van der Waals surface area contributed by atoms with Gasteiger partial charge in [0.25, 0.3) is 0 Å². The molecule has 7 heteroatoms. The highest BCUT2D eigenvalue weighted by Gasteiger charge is 2.24. The summed E-state index contributed by atoms with van der Waals surface area (Å²) >= 11 is 1.54. The summed E-state index contributed by atoms with van der Waals surface area (Å²) in [4.78, 5) is 13.4. The first-order valence-corrected chi connectivity index (χ1v) is 9.82. The predicted molar refractivity (Wildman–Crippen MR) is 99.1 cm³/mol. The van der Waals surface area contributed by atoms with Gasteiger partial charge in [0.2, 0.25) is 0 Å². The van der Waals surface area contributed by atoms with Gasteiger partial charge in [-0.15, -0.1) is 0 Å². The summed E-state index contributed by atoms with van der Waals surface area (Å²) in [7, 11) is 0. The molecule has 0 aromatic carbocycles. The fourth-order valence-corrected chi connectivity index (χ4v) is 3.56. The van der Waals surface area contributed by atoms with E-state index in [0.717, 1.165) is 41.6 Å². The van der Waals surface area contributed by atoms with E-state index in [1.54, 1.807) is 18.0 Å². The topological polar surface area (TPSA) is 65.2 Å². The zero-order valence-corrected chi connectivity index (χ0v) is 15.0. The molecule has 0 saturated carbocycles. The molecule has 1 saturated heterocycles. The van der Waals surface area contributed by atoms with Crippen molar-refractivity contribution in [2.24, 2.45) is 4.99 Å². The van der Waals surface area contributed by atoms with Gasteiger partial charge in [-0.25, -0.2) is 14.6 Å². The highest BCUT2D eigenvalue weighted by atomic mass is 32.2. The van der Waals surface area contributed by atoms with Gasteiger partial charge in [-0.3, -0.25) is 4.99 Å². The Kier molecular flexibility index (Phi) is 4.94. The number of dihydropyridines is 1. The van der Waals surface area contributed by atoms with Crippen LogP contribution in [0.4, 0.5) is 0 Å². The number of nitrogens with zero attached hydrogens (tertiary/aromatic N) is 5. The molecule has 130 valence electrons. The molecule has 2 aromatic rings. The summed E-state index contributed by atoms with van der Waals surface area (Å²) in [5, 5.41) is 5.65. The van der Waals surface area contributed by atoms with E-state index in [1.807, 2.05) is 29.3 Å². The molecule has 2 unspecified atom stereocenters. The number of thioether (sulfide) groups is 1. The van der Waals surface area contributed by atoms with Gasteiger partial charge >= 0.3 is 0 Å². The molecule has 6 nitrogen and oxygen atoms in total. The molecule has 0 N–H and O–H groups in total. The molecular formula is C18H21N5OS. The fraction of sp³-hybridized carbons (Fsp3) is 0.444. The number of aliphatic imine (C=N–C) groups is 1. The number of aromatic nitrogens is 4. The Hall–Kier alpha value is -1.99. The van der Waals surface area contributed by atoms with Crippen LogP contribution in [0.5, 0.6) is 0 Å². The molecule has 2 aromatic heterocycles. The molecule has 0 amide bonds. The first-order valence-electron chi connectivity index (χ1n) is 8.60. The van der Waals surface area contributed by atoms with E-state index in [0.29, 0.717) is 6.54 Å². The van der Waals surface area contributed by atoms with E-state index >= 15 is 0 Å². The van der Waals surface area contributed by atoms with Crippen LogP contribution >= 0.6 is 11.8 Å². The Morgan fingerprint density at radius 3 is 3.04 bits per heavy atom. The van der Waals surface area contributed by atoms with Crippen LogP contribution in [0.25, 0.3) is 11.3 Å². The number of hydrogen-bond donors (Lipinski definition) is 0. The third-order valence-electron chi connectivity index (χ3n) is 4.49. The van der Waals surface area contributed by atoms with Crippen molar-refractivity contribution in [2.75, 3.05) is 19.4 Å². The standard InChI is InChI=1S/C18H21N5OS/c1-25-18-20-9-7-15(21-18)14-12-23(16-6-2-3-10-24-16)22-17(14)13-5-4-8-19-11-13/h4-5,7-9,12-13,16H,2-3,6,10-11H2,1H3. The summed E-state index contributed by atoms with van der Waals surface area (Å²) < 4.78 is 7.89. The smallest absolute Gasteiger partial charge is 0.187 e. The van der Waals surface area contributed by atoms with E-state index in [9.17, 15) is 0 Å². The minimum absolute atomic E-state index is 0.0131. The summed E-state index contributed by atoms with van der Waals surface area (Å²) in [5.41, 5.74) is 2.95. The maximum atomic E-state index is 5.92. The molecule has 2 aliphatic rings. The van der Waals surface area contributed by atoms with Crippen molar-refractivity contribution in [1.82, 2.24) is 19.7 Å². The molecule has 2 atom stereocenters. The average molecular weight is 355 g/mol. The van der Waals surface area contributed by atoms with E-state index in [4.69, 9.17) is 9.84 Å². The quantitative estimate of drug-likeness (QED) is 0.620. The van der Waals surface area contributed by atoms with Gasteiger partial charge in [0.05, 0.1) is 17.9 Å². The average Bonchev–Trinajstić information content (AvgIpc) is 3.15. The third kappa shape index (κ3) is 3.52. The van der Waals surface area contributed by atoms with Crippen molar-refractivity contribution in [3.05, 3.63) is 36.3 Å². The van der Waals surface area contributed by atoms with Gasteiger partial charge in [0.1, 0.15) is 6.23 Å². The maximum absolute atomic E-state index is 5.92. The zero-order valence-electron chi connectivity index (χ0n) is 14.2. The molecule has 0 radical (unpaired) electrons. The van der Waals surface area contributed by atoms with Crippen LogP contribution in [0.15, 0.2) is 40.8 Å².